The molecule has 2 fully saturated rings. The van der Waals surface area contributed by atoms with Gasteiger partial charge in [-0.3, -0.25) is 4.79 Å². The molecule has 1 saturated carbocycles. The Morgan fingerprint density at radius 3 is 2.35 bits per heavy atom. The third kappa shape index (κ3) is 3.62. The predicted octanol–water partition coefficient (Wildman–Crippen LogP) is 2.89. The van der Waals surface area contributed by atoms with Crippen molar-refractivity contribution in [3.05, 3.63) is 34.3 Å². The molecule has 1 saturated heterocycles. The SMILES string of the molecule is NC1(C(=O)NCC2(c3ccc(Br)cc3)CCOCC2)CCCC1. The third-order valence-corrected chi connectivity index (χ3v) is 5.97. The number of hydrogen-bond acceptors (Lipinski definition) is 3. The van der Waals surface area contributed by atoms with Crippen LogP contribution in [0.1, 0.15) is 44.1 Å². The van der Waals surface area contributed by atoms with Gasteiger partial charge in [-0.1, -0.05) is 40.9 Å². The fraction of sp³-hybridized carbons (Fsp3) is 0.611. The fourth-order valence-corrected chi connectivity index (χ4v) is 4.06. The predicted molar refractivity (Wildman–Crippen MR) is 94.3 cm³/mol. The normalized spacial score (nSPS) is 22.7. The van der Waals surface area contributed by atoms with Crippen molar-refractivity contribution in [3.63, 3.8) is 0 Å². The van der Waals surface area contributed by atoms with Gasteiger partial charge >= 0.3 is 0 Å². The first-order valence-electron chi connectivity index (χ1n) is 8.45. The van der Waals surface area contributed by atoms with E-state index in [1.165, 1.54) is 5.56 Å². The number of hydrogen-bond donors (Lipinski definition) is 2. The van der Waals surface area contributed by atoms with Gasteiger partial charge in [0, 0.05) is 29.6 Å². The zero-order chi connectivity index (χ0) is 16.3. The van der Waals surface area contributed by atoms with Crippen LogP contribution < -0.4 is 11.1 Å². The summed E-state index contributed by atoms with van der Waals surface area (Å²) in [6.07, 6.45) is 5.55. The van der Waals surface area contributed by atoms with E-state index in [2.05, 4.69) is 45.5 Å². The van der Waals surface area contributed by atoms with E-state index in [9.17, 15) is 4.79 Å². The van der Waals surface area contributed by atoms with Gasteiger partial charge in [-0.15, -0.1) is 0 Å². The van der Waals surface area contributed by atoms with Crippen molar-refractivity contribution in [2.45, 2.75) is 49.5 Å². The molecule has 0 radical (unpaired) electrons. The quantitative estimate of drug-likeness (QED) is 0.843. The van der Waals surface area contributed by atoms with Gasteiger partial charge in [0.05, 0.1) is 5.54 Å². The summed E-state index contributed by atoms with van der Waals surface area (Å²) in [6.45, 7) is 2.11. The minimum Gasteiger partial charge on any atom is -0.381 e. The van der Waals surface area contributed by atoms with Crippen molar-refractivity contribution in [1.29, 1.82) is 0 Å². The van der Waals surface area contributed by atoms with Crippen LogP contribution in [-0.2, 0) is 14.9 Å². The summed E-state index contributed by atoms with van der Waals surface area (Å²) in [5, 5.41) is 3.16. The van der Waals surface area contributed by atoms with E-state index in [0.717, 1.165) is 56.2 Å². The molecule has 0 aromatic heterocycles. The van der Waals surface area contributed by atoms with Crippen molar-refractivity contribution < 1.29 is 9.53 Å². The van der Waals surface area contributed by atoms with Gasteiger partial charge in [-0.25, -0.2) is 0 Å². The van der Waals surface area contributed by atoms with Crippen LogP contribution >= 0.6 is 15.9 Å². The van der Waals surface area contributed by atoms with Gasteiger partial charge in [0.2, 0.25) is 5.91 Å². The van der Waals surface area contributed by atoms with Crippen LogP contribution in [-0.4, -0.2) is 31.2 Å². The van der Waals surface area contributed by atoms with Crippen molar-refractivity contribution in [3.8, 4) is 0 Å². The molecular weight excluding hydrogens is 356 g/mol. The van der Waals surface area contributed by atoms with Crippen LogP contribution in [0.4, 0.5) is 0 Å². The van der Waals surface area contributed by atoms with Crippen LogP contribution in [0.15, 0.2) is 28.7 Å². The van der Waals surface area contributed by atoms with Gasteiger partial charge in [-0.2, -0.15) is 0 Å². The Hall–Kier alpha value is -0.910. The molecule has 1 aliphatic carbocycles. The Bertz CT molecular complexity index is 547. The largest absolute Gasteiger partial charge is 0.381 e. The highest BCUT2D eigenvalue weighted by molar-refractivity contribution is 9.10. The average Bonchev–Trinajstić information content (AvgIpc) is 3.02. The van der Waals surface area contributed by atoms with E-state index < -0.39 is 5.54 Å². The molecule has 3 rings (SSSR count). The smallest absolute Gasteiger partial charge is 0.240 e. The van der Waals surface area contributed by atoms with Crippen molar-refractivity contribution in [1.82, 2.24) is 5.32 Å². The summed E-state index contributed by atoms with van der Waals surface area (Å²) < 4.78 is 6.62. The van der Waals surface area contributed by atoms with E-state index in [-0.39, 0.29) is 11.3 Å². The highest BCUT2D eigenvalue weighted by Crippen LogP contribution is 2.35. The van der Waals surface area contributed by atoms with E-state index in [1.807, 2.05) is 0 Å². The lowest BCUT2D eigenvalue weighted by Gasteiger charge is -2.38. The summed E-state index contributed by atoms with van der Waals surface area (Å²) in [5.41, 5.74) is 6.83. The number of halogens is 1. The zero-order valence-corrected chi connectivity index (χ0v) is 15.0. The monoisotopic (exact) mass is 380 g/mol. The van der Waals surface area contributed by atoms with E-state index >= 15 is 0 Å². The molecule has 1 amide bonds. The van der Waals surface area contributed by atoms with Gasteiger partial charge < -0.3 is 15.8 Å². The lowest BCUT2D eigenvalue weighted by molar-refractivity contribution is -0.126. The fourth-order valence-electron chi connectivity index (χ4n) is 3.79. The molecule has 1 aromatic carbocycles. The van der Waals surface area contributed by atoms with Crippen molar-refractivity contribution >= 4 is 21.8 Å². The summed E-state index contributed by atoms with van der Waals surface area (Å²) in [5.74, 6) is 0.0120. The molecule has 0 unspecified atom stereocenters. The standard InChI is InChI=1S/C18H25BrN2O2/c19-15-5-3-14(4-6-15)17(9-11-23-12-10-17)13-21-16(22)18(20)7-1-2-8-18/h3-6H,1-2,7-13,20H2,(H,21,22). The number of carbonyl (C=O) groups is 1. The second-order valence-corrected chi connectivity index (χ2v) is 7.86. The molecule has 0 spiro atoms. The number of nitrogens with two attached hydrogens (primary N) is 1. The molecule has 23 heavy (non-hydrogen) atoms. The van der Waals surface area contributed by atoms with E-state index in [4.69, 9.17) is 10.5 Å². The lowest BCUT2D eigenvalue weighted by atomic mass is 9.74. The zero-order valence-electron chi connectivity index (χ0n) is 13.4. The molecular formula is C18H25BrN2O2. The Morgan fingerprint density at radius 1 is 1.13 bits per heavy atom. The van der Waals surface area contributed by atoms with E-state index in [1.54, 1.807) is 0 Å². The van der Waals surface area contributed by atoms with Crippen LogP contribution in [0, 0.1) is 0 Å². The molecule has 0 bridgehead atoms. The molecule has 4 nitrogen and oxygen atoms in total. The second-order valence-electron chi connectivity index (χ2n) is 6.95. The van der Waals surface area contributed by atoms with Crippen LogP contribution in [0.3, 0.4) is 0 Å². The molecule has 3 N–H and O–H groups in total. The number of ether oxygens (including phenoxy) is 1. The number of carbonyl (C=O) groups excluding carboxylic acids is 1. The Labute approximate surface area is 146 Å². The Balaban J connectivity index is 1.74. The van der Waals surface area contributed by atoms with Gasteiger partial charge in [0.15, 0.2) is 0 Å². The van der Waals surface area contributed by atoms with Crippen LogP contribution in [0.25, 0.3) is 0 Å². The third-order valence-electron chi connectivity index (χ3n) is 5.44. The highest BCUT2D eigenvalue weighted by Gasteiger charge is 2.40. The first-order valence-corrected chi connectivity index (χ1v) is 9.24. The maximum absolute atomic E-state index is 12.6. The topological polar surface area (TPSA) is 64.4 Å². The molecule has 126 valence electrons. The first-order chi connectivity index (χ1) is 11.0. The molecule has 1 aliphatic heterocycles. The van der Waals surface area contributed by atoms with Gasteiger partial charge in [-0.05, 0) is 43.4 Å². The van der Waals surface area contributed by atoms with Gasteiger partial charge in [0.25, 0.3) is 0 Å². The van der Waals surface area contributed by atoms with Gasteiger partial charge in [0.1, 0.15) is 0 Å². The summed E-state index contributed by atoms with van der Waals surface area (Å²) in [6, 6.07) is 8.43. The second kappa shape index (κ2) is 6.91. The highest BCUT2D eigenvalue weighted by atomic mass is 79.9. The molecule has 5 heteroatoms. The lowest BCUT2D eigenvalue weighted by Crippen LogP contribution is -2.55. The molecule has 0 atom stereocenters. The van der Waals surface area contributed by atoms with Crippen molar-refractivity contribution in [2.75, 3.05) is 19.8 Å². The van der Waals surface area contributed by atoms with Crippen LogP contribution in [0.2, 0.25) is 0 Å². The molecule has 1 heterocycles. The summed E-state index contributed by atoms with van der Waals surface area (Å²) in [7, 11) is 0. The van der Waals surface area contributed by atoms with Crippen LogP contribution in [0.5, 0.6) is 0 Å². The summed E-state index contributed by atoms with van der Waals surface area (Å²) >= 11 is 3.49. The number of nitrogens with one attached hydrogen (secondary N) is 1. The minimum absolute atomic E-state index is 0.0120. The maximum atomic E-state index is 12.6. The average molecular weight is 381 g/mol. The molecule has 2 aliphatic rings. The number of amides is 1. The number of benzene rings is 1. The molecule has 1 aromatic rings. The summed E-state index contributed by atoms with van der Waals surface area (Å²) in [4.78, 5) is 12.6. The Morgan fingerprint density at radius 2 is 1.74 bits per heavy atom. The Kier molecular flexibility index (Phi) is 5.09. The first kappa shape index (κ1) is 16.9. The van der Waals surface area contributed by atoms with Crippen molar-refractivity contribution in [2.24, 2.45) is 5.73 Å². The van der Waals surface area contributed by atoms with E-state index in [0.29, 0.717) is 6.54 Å². The minimum atomic E-state index is -0.661. The number of rotatable bonds is 4. The maximum Gasteiger partial charge on any atom is 0.240 e.